The first-order valence-electron chi connectivity index (χ1n) is 6.58. The van der Waals surface area contributed by atoms with Gasteiger partial charge in [0.05, 0.1) is 6.10 Å². The highest BCUT2D eigenvalue weighted by atomic mass is 16.3. The zero-order valence-corrected chi connectivity index (χ0v) is 12.2. The van der Waals surface area contributed by atoms with Gasteiger partial charge in [0.1, 0.15) is 0 Å². The first-order valence-corrected chi connectivity index (χ1v) is 6.58. The summed E-state index contributed by atoms with van der Waals surface area (Å²) in [5.74, 6) is 0. The standard InChI is InChI=1S/C15H24N2O2/c1-11-5-7-13(8-6-11)17-14(19)16-10-15(3,4)9-12(2)18/h5-8,12,18H,9-10H2,1-4H3,(H2,16,17,19)/t12-/m0/s1. The first kappa shape index (κ1) is 15.5. The minimum Gasteiger partial charge on any atom is -0.393 e. The van der Waals surface area contributed by atoms with E-state index in [1.165, 1.54) is 0 Å². The first-order chi connectivity index (χ1) is 8.78. The molecule has 0 heterocycles. The molecule has 4 heteroatoms. The van der Waals surface area contributed by atoms with Gasteiger partial charge in [-0.25, -0.2) is 4.79 Å². The van der Waals surface area contributed by atoms with Crippen LogP contribution in [-0.4, -0.2) is 23.8 Å². The third-order valence-corrected chi connectivity index (χ3v) is 2.88. The van der Waals surface area contributed by atoms with Gasteiger partial charge in [-0.15, -0.1) is 0 Å². The molecule has 0 saturated carbocycles. The van der Waals surface area contributed by atoms with Crippen LogP contribution in [0.15, 0.2) is 24.3 Å². The van der Waals surface area contributed by atoms with Gasteiger partial charge in [0.2, 0.25) is 0 Å². The highest BCUT2D eigenvalue weighted by molar-refractivity contribution is 5.89. The van der Waals surface area contributed by atoms with Crippen LogP contribution in [0.1, 0.15) is 32.8 Å². The van der Waals surface area contributed by atoms with Gasteiger partial charge in [-0.05, 0) is 37.8 Å². The van der Waals surface area contributed by atoms with Crippen molar-refractivity contribution >= 4 is 11.7 Å². The molecule has 0 saturated heterocycles. The molecule has 19 heavy (non-hydrogen) atoms. The Labute approximate surface area is 115 Å². The SMILES string of the molecule is Cc1ccc(NC(=O)NCC(C)(C)C[C@H](C)O)cc1. The van der Waals surface area contributed by atoms with Crippen molar-refractivity contribution in [3.63, 3.8) is 0 Å². The maximum atomic E-state index is 11.7. The predicted molar refractivity (Wildman–Crippen MR) is 78.3 cm³/mol. The van der Waals surface area contributed by atoms with Crippen molar-refractivity contribution in [3.8, 4) is 0 Å². The van der Waals surface area contributed by atoms with E-state index in [2.05, 4.69) is 10.6 Å². The van der Waals surface area contributed by atoms with Crippen LogP contribution in [0.4, 0.5) is 10.5 Å². The molecule has 0 aliphatic carbocycles. The fourth-order valence-corrected chi connectivity index (χ4v) is 2.00. The van der Waals surface area contributed by atoms with Crippen LogP contribution in [0.2, 0.25) is 0 Å². The zero-order chi connectivity index (χ0) is 14.5. The number of aliphatic hydroxyl groups excluding tert-OH is 1. The largest absolute Gasteiger partial charge is 0.393 e. The van der Waals surface area contributed by atoms with Gasteiger partial charge in [-0.2, -0.15) is 0 Å². The number of hydrogen-bond acceptors (Lipinski definition) is 2. The molecule has 2 amide bonds. The molecular formula is C15H24N2O2. The number of aliphatic hydroxyl groups is 1. The van der Waals surface area contributed by atoms with Crippen molar-refractivity contribution in [2.45, 2.75) is 40.2 Å². The molecule has 0 aromatic heterocycles. The zero-order valence-electron chi connectivity index (χ0n) is 12.2. The summed E-state index contributed by atoms with van der Waals surface area (Å²) in [6, 6.07) is 7.42. The Balaban J connectivity index is 2.41. The highest BCUT2D eigenvalue weighted by Gasteiger charge is 2.20. The van der Waals surface area contributed by atoms with Crippen LogP contribution < -0.4 is 10.6 Å². The molecule has 1 aromatic rings. The summed E-state index contributed by atoms with van der Waals surface area (Å²) in [7, 11) is 0. The van der Waals surface area contributed by atoms with Gasteiger partial charge in [-0.1, -0.05) is 31.5 Å². The van der Waals surface area contributed by atoms with Gasteiger partial charge in [-0.3, -0.25) is 0 Å². The predicted octanol–water partition coefficient (Wildman–Crippen LogP) is 2.91. The molecule has 1 aromatic carbocycles. The van der Waals surface area contributed by atoms with Gasteiger partial charge in [0.15, 0.2) is 0 Å². The molecule has 0 aliphatic rings. The van der Waals surface area contributed by atoms with E-state index >= 15 is 0 Å². The molecule has 0 unspecified atom stereocenters. The minimum absolute atomic E-state index is 0.126. The van der Waals surface area contributed by atoms with Crippen LogP contribution in [0.5, 0.6) is 0 Å². The normalized spacial score (nSPS) is 12.9. The fourth-order valence-electron chi connectivity index (χ4n) is 2.00. The number of hydrogen-bond donors (Lipinski definition) is 3. The summed E-state index contributed by atoms with van der Waals surface area (Å²) in [5.41, 5.74) is 1.80. The van der Waals surface area contributed by atoms with Crippen molar-refractivity contribution in [2.24, 2.45) is 5.41 Å². The number of amides is 2. The summed E-state index contributed by atoms with van der Waals surface area (Å²) in [6.07, 6.45) is 0.287. The molecule has 1 atom stereocenters. The number of urea groups is 1. The second-order valence-electron chi connectivity index (χ2n) is 5.89. The van der Waals surface area contributed by atoms with Gasteiger partial charge in [0, 0.05) is 12.2 Å². The quantitative estimate of drug-likeness (QED) is 0.765. The lowest BCUT2D eigenvalue weighted by Crippen LogP contribution is -2.38. The Kier molecular flexibility index (Phi) is 5.36. The number of carbonyl (C=O) groups excluding carboxylic acids is 1. The average Bonchev–Trinajstić information content (AvgIpc) is 2.28. The van der Waals surface area contributed by atoms with Crippen LogP contribution in [-0.2, 0) is 0 Å². The maximum Gasteiger partial charge on any atom is 0.319 e. The summed E-state index contributed by atoms with van der Waals surface area (Å²) in [5, 5.41) is 15.0. The molecule has 0 radical (unpaired) electrons. The smallest absolute Gasteiger partial charge is 0.319 e. The third-order valence-electron chi connectivity index (χ3n) is 2.88. The Morgan fingerprint density at radius 2 is 1.89 bits per heavy atom. The molecule has 4 nitrogen and oxygen atoms in total. The molecule has 1 rings (SSSR count). The molecule has 0 bridgehead atoms. The molecule has 106 valence electrons. The third kappa shape index (κ3) is 6.25. The molecular weight excluding hydrogens is 240 g/mol. The van der Waals surface area contributed by atoms with E-state index in [0.29, 0.717) is 13.0 Å². The van der Waals surface area contributed by atoms with Crippen molar-refractivity contribution in [3.05, 3.63) is 29.8 Å². The number of nitrogens with one attached hydrogen (secondary N) is 2. The Hall–Kier alpha value is -1.55. The summed E-state index contributed by atoms with van der Waals surface area (Å²) >= 11 is 0. The van der Waals surface area contributed by atoms with Crippen molar-refractivity contribution in [2.75, 3.05) is 11.9 Å². The van der Waals surface area contributed by atoms with Gasteiger partial charge in [0.25, 0.3) is 0 Å². The Morgan fingerprint density at radius 3 is 2.42 bits per heavy atom. The summed E-state index contributed by atoms with van der Waals surface area (Å²) in [4.78, 5) is 11.7. The van der Waals surface area contributed by atoms with E-state index in [1.807, 2.05) is 45.0 Å². The van der Waals surface area contributed by atoms with E-state index in [9.17, 15) is 9.90 Å². The van der Waals surface area contributed by atoms with Crippen molar-refractivity contribution in [1.82, 2.24) is 5.32 Å². The number of aryl methyl sites for hydroxylation is 1. The second kappa shape index (κ2) is 6.57. The molecule has 0 fully saturated rings. The summed E-state index contributed by atoms with van der Waals surface area (Å²) < 4.78 is 0. The Bertz CT molecular complexity index is 411. The van der Waals surface area contributed by atoms with Crippen molar-refractivity contribution < 1.29 is 9.90 Å². The van der Waals surface area contributed by atoms with Crippen LogP contribution in [0, 0.1) is 12.3 Å². The van der Waals surface area contributed by atoms with E-state index < -0.39 is 0 Å². The second-order valence-corrected chi connectivity index (χ2v) is 5.89. The van der Waals surface area contributed by atoms with Gasteiger partial charge < -0.3 is 15.7 Å². The highest BCUT2D eigenvalue weighted by Crippen LogP contribution is 2.21. The van der Waals surface area contributed by atoms with Crippen LogP contribution >= 0.6 is 0 Å². The molecule has 0 aliphatic heterocycles. The van der Waals surface area contributed by atoms with E-state index in [0.717, 1.165) is 11.3 Å². The molecule has 0 spiro atoms. The number of benzene rings is 1. The van der Waals surface area contributed by atoms with Crippen molar-refractivity contribution in [1.29, 1.82) is 0 Å². The lowest BCUT2D eigenvalue weighted by atomic mass is 9.87. The van der Waals surface area contributed by atoms with E-state index in [-0.39, 0.29) is 17.6 Å². The van der Waals surface area contributed by atoms with E-state index in [1.54, 1.807) is 6.92 Å². The lowest BCUT2D eigenvalue weighted by Gasteiger charge is -2.26. The average molecular weight is 264 g/mol. The molecule has 3 N–H and O–H groups in total. The Morgan fingerprint density at radius 1 is 1.32 bits per heavy atom. The topological polar surface area (TPSA) is 61.4 Å². The number of carbonyl (C=O) groups is 1. The summed E-state index contributed by atoms with van der Waals surface area (Å²) in [6.45, 7) is 8.32. The monoisotopic (exact) mass is 264 g/mol. The fraction of sp³-hybridized carbons (Fsp3) is 0.533. The van der Waals surface area contributed by atoms with E-state index in [4.69, 9.17) is 0 Å². The van der Waals surface area contributed by atoms with Crippen LogP contribution in [0.25, 0.3) is 0 Å². The minimum atomic E-state index is -0.364. The lowest BCUT2D eigenvalue weighted by molar-refractivity contribution is 0.129. The maximum absolute atomic E-state index is 11.7. The number of anilines is 1. The number of rotatable bonds is 5. The van der Waals surface area contributed by atoms with Gasteiger partial charge >= 0.3 is 6.03 Å². The van der Waals surface area contributed by atoms with Crippen LogP contribution in [0.3, 0.4) is 0 Å².